The van der Waals surface area contributed by atoms with Crippen molar-refractivity contribution in [3.63, 3.8) is 0 Å². The van der Waals surface area contributed by atoms with E-state index in [0.29, 0.717) is 29.7 Å². The van der Waals surface area contributed by atoms with Crippen LogP contribution < -0.4 is 15.4 Å². The molecule has 4 N–H and O–H groups in total. The number of carbonyl (C=O) groups excluding carboxylic acids is 2. The van der Waals surface area contributed by atoms with Crippen LogP contribution >= 0.6 is 0 Å². The third-order valence-electron chi connectivity index (χ3n) is 9.04. The molecule has 0 unspecified atom stereocenters. The van der Waals surface area contributed by atoms with Crippen molar-refractivity contribution in [2.45, 2.75) is 95.2 Å². The number of ether oxygens (including phenoxy) is 2. The Hall–Kier alpha value is -3.43. The molecule has 2 aliphatic heterocycles. The van der Waals surface area contributed by atoms with Crippen LogP contribution in [0.25, 0.3) is 0 Å². The first kappa shape index (κ1) is 28.1. The molecule has 2 aromatic carbocycles. The van der Waals surface area contributed by atoms with E-state index in [1.165, 1.54) is 4.90 Å². The van der Waals surface area contributed by atoms with Crippen LogP contribution in [0.1, 0.15) is 92.5 Å². The van der Waals surface area contributed by atoms with E-state index in [2.05, 4.69) is 10.6 Å². The molecule has 214 valence electrons. The van der Waals surface area contributed by atoms with Gasteiger partial charge in [0.25, 0.3) is 5.91 Å². The number of aryl methyl sites for hydroxylation is 1. The Labute approximate surface area is 235 Å². The van der Waals surface area contributed by atoms with Crippen molar-refractivity contribution in [1.82, 2.24) is 15.5 Å². The Kier molecular flexibility index (Phi) is 7.39. The number of rotatable bonds is 6. The highest BCUT2D eigenvalue weighted by Gasteiger charge is 2.47. The summed E-state index contributed by atoms with van der Waals surface area (Å²) in [5, 5.41) is 26.3. The number of nitrogens with zero attached hydrogens (tertiary/aromatic N) is 1. The van der Waals surface area contributed by atoms with Gasteiger partial charge in [0.05, 0.1) is 24.6 Å². The normalized spacial score (nSPS) is 26.7. The molecule has 9 nitrogen and oxygen atoms in total. The molecule has 0 spiro atoms. The lowest BCUT2D eigenvalue weighted by Crippen LogP contribution is -2.64. The van der Waals surface area contributed by atoms with Gasteiger partial charge in [0, 0.05) is 23.8 Å². The van der Waals surface area contributed by atoms with E-state index in [9.17, 15) is 14.7 Å². The zero-order valence-electron chi connectivity index (χ0n) is 23.9. The monoisotopic (exact) mass is 548 g/mol. The maximum absolute atomic E-state index is 13.7. The SMILES string of the molecule is CCC1(CC)CC(=O)N([C@H]2c3cc(C(=O)N[C@@H]4c5ccccc5OC(C)(C)[C@H]4O)ccc3CC[C@@H]2OC)C(=N)N1. The highest BCUT2D eigenvalue weighted by atomic mass is 16.5. The summed E-state index contributed by atoms with van der Waals surface area (Å²) in [5.74, 6) is 0.235. The Bertz CT molecular complexity index is 1300. The molecule has 5 rings (SSSR count). The number of para-hydroxylation sites is 1. The fraction of sp³-hybridized carbons (Fsp3) is 0.516. The van der Waals surface area contributed by atoms with Crippen molar-refractivity contribution in [2.75, 3.05) is 7.11 Å². The summed E-state index contributed by atoms with van der Waals surface area (Å²) in [6, 6.07) is 11.7. The lowest BCUT2D eigenvalue weighted by molar-refractivity contribution is -0.135. The molecule has 9 heteroatoms. The molecule has 1 fully saturated rings. The van der Waals surface area contributed by atoms with Gasteiger partial charge in [-0.1, -0.05) is 38.1 Å². The minimum absolute atomic E-state index is 0.0684. The number of guanidine groups is 1. The summed E-state index contributed by atoms with van der Waals surface area (Å²) < 4.78 is 11.8. The molecule has 40 heavy (non-hydrogen) atoms. The van der Waals surface area contributed by atoms with E-state index in [0.717, 1.165) is 30.4 Å². The number of benzene rings is 2. The molecule has 0 radical (unpaired) electrons. The number of carbonyl (C=O) groups is 2. The molecule has 2 aromatic rings. The zero-order chi connectivity index (χ0) is 28.8. The van der Waals surface area contributed by atoms with E-state index in [1.54, 1.807) is 27.0 Å². The number of hydrogen-bond acceptors (Lipinski definition) is 6. The molecule has 4 atom stereocenters. The maximum atomic E-state index is 13.7. The number of methoxy groups -OCH3 is 1. The zero-order valence-corrected chi connectivity index (χ0v) is 23.9. The summed E-state index contributed by atoms with van der Waals surface area (Å²) in [4.78, 5) is 28.7. The Balaban J connectivity index is 1.48. The molecule has 0 saturated carbocycles. The number of aliphatic hydroxyl groups is 1. The van der Waals surface area contributed by atoms with Crippen LogP contribution in [0.2, 0.25) is 0 Å². The minimum atomic E-state index is -0.968. The summed E-state index contributed by atoms with van der Waals surface area (Å²) in [6.45, 7) is 7.65. The second-order valence-electron chi connectivity index (χ2n) is 11.7. The van der Waals surface area contributed by atoms with Crippen molar-refractivity contribution in [1.29, 1.82) is 5.41 Å². The standard InChI is InChI=1S/C31H40N4O5/c1-6-31(7-2)17-24(36)35(29(32)34-31)26-21-16-19(13-12-18(21)14-15-23(26)39-5)28(38)33-25-20-10-8-9-11-22(20)40-30(3,4)27(25)37/h8-13,16,23,25-27,37H,6-7,14-15,17H2,1-5H3,(H2,32,34)(H,33,38)/t23-,25+,26-,27-/m0/s1. The Morgan fingerprint density at radius 1 is 1.20 bits per heavy atom. The summed E-state index contributed by atoms with van der Waals surface area (Å²) in [7, 11) is 1.62. The van der Waals surface area contributed by atoms with Gasteiger partial charge in [-0.3, -0.25) is 19.9 Å². The van der Waals surface area contributed by atoms with Crippen LogP contribution in [0.15, 0.2) is 42.5 Å². The van der Waals surface area contributed by atoms with Crippen molar-refractivity contribution >= 4 is 17.8 Å². The molecule has 1 aliphatic carbocycles. The number of aliphatic hydroxyl groups excluding tert-OH is 1. The fourth-order valence-electron chi connectivity index (χ4n) is 6.40. The van der Waals surface area contributed by atoms with Gasteiger partial charge in [-0.05, 0) is 68.9 Å². The average molecular weight is 549 g/mol. The van der Waals surface area contributed by atoms with Gasteiger partial charge in [-0.15, -0.1) is 0 Å². The van der Waals surface area contributed by atoms with E-state index in [4.69, 9.17) is 14.9 Å². The van der Waals surface area contributed by atoms with Crippen LogP contribution in [-0.4, -0.2) is 58.2 Å². The number of hydrogen-bond donors (Lipinski definition) is 4. The van der Waals surface area contributed by atoms with Crippen molar-refractivity contribution in [2.24, 2.45) is 0 Å². The predicted molar refractivity (Wildman–Crippen MR) is 151 cm³/mol. The van der Waals surface area contributed by atoms with Gasteiger partial charge in [0.1, 0.15) is 17.5 Å². The second kappa shape index (κ2) is 10.5. The van der Waals surface area contributed by atoms with Gasteiger partial charge in [-0.25, -0.2) is 0 Å². The smallest absolute Gasteiger partial charge is 0.251 e. The average Bonchev–Trinajstić information content (AvgIpc) is 2.94. The molecule has 0 aromatic heterocycles. The van der Waals surface area contributed by atoms with Crippen molar-refractivity contribution < 1.29 is 24.2 Å². The van der Waals surface area contributed by atoms with Crippen molar-refractivity contribution in [3.05, 3.63) is 64.7 Å². The number of nitrogens with one attached hydrogen (secondary N) is 3. The highest BCUT2D eigenvalue weighted by molar-refractivity contribution is 6.00. The minimum Gasteiger partial charge on any atom is -0.485 e. The fourth-order valence-corrected chi connectivity index (χ4v) is 6.40. The highest BCUT2D eigenvalue weighted by Crippen LogP contribution is 2.41. The largest absolute Gasteiger partial charge is 0.485 e. The van der Waals surface area contributed by atoms with Crippen molar-refractivity contribution in [3.8, 4) is 5.75 Å². The van der Waals surface area contributed by atoms with Crippen LogP contribution in [0, 0.1) is 5.41 Å². The first-order valence-corrected chi connectivity index (χ1v) is 14.2. The van der Waals surface area contributed by atoms with Gasteiger partial charge >= 0.3 is 0 Å². The number of amides is 2. The van der Waals surface area contributed by atoms with Crippen LogP contribution in [0.4, 0.5) is 0 Å². The lowest BCUT2D eigenvalue weighted by atomic mass is 9.81. The third kappa shape index (κ3) is 4.75. The lowest BCUT2D eigenvalue weighted by Gasteiger charge is -2.47. The molecule has 0 bridgehead atoms. The first-order valence-electron chi connectivity index (χ1n) is 14.2. The number of fused-ring (bicyclic) bond motifs is 2. The van der Waals surface area contributed by atoms with Gasteiger partial charge in [-0.2, -0.15) is 0 Å². The quantitative estimate of drug-likeness (QED) is 0.433. The molecular weight excluding hydrogens is 508 g/mol. The second-order valence-corrected chi connectivity index (χ2v) is 11.7. The van der Waals surface area contributed by atoms with Gasteiger partial charge in [0.2, 0.25) is 5.91 Å². The van der Waals surface area contributed by atoms with E-state index < -0.39 is 29.3 Å². The predicted octanol–water partition coefficient (Wildman–Crippen LogP) is 4.01. The third-order valence-corrected chi connectivity index (χ3v) is 9.04. The van der Waals surface area contributed by atoms with Gasteiger partial charge in [0.15, 0.2) is 5.96 Å². The molecule has 2 amide bonds. The summed E-state index contributed by atoms with van der Waals surface area (Å²) >= 11 is 0. The van der Waals surface area contributed by atoms with E-state index in [1.807, 2.05) is 50.2 Å². The Morgan fingerprint density at radius 2 is 1.93 bits per heavy atom. The van der Waals surface area contributed by atoms with Crippen LogP contribution in [-0.2, 0) is 16.0 Å². The molecular formula is C31H40N4O5. The first-order chi connectivity index (χ1) is 19.0. The summed E-state index contributed by atoms with van der Waals surface area (Å²) in [5.41, 5.74) is 1.63. The summed E-state index contributed by atoms with van der Waals surface area (Å²) in [6.07, 6.45) is 1.92. The van der Waals surface area contributed by atoms with Gasteiger partial charge < -0.3 is 25.2 Å². The molecule has 3 aliphatic rings. The molecule has 1 saturated heterocycles. The Morgan fingerprint density at radius 3 is 2.60 bits per heavy atom. The maximum Gasteiger partial charge on any atom is 0.251 e. The van der Waals surface area contributed by atoms with E-state index >= 15 is 0 Å². The molecule has 2 heterocycles. The van der Waals surface area contributed by atoms with Crippen LogP contribution in [0.5, 0.6) is 5.75 Å². The van der Waals surface area contributed by atoms with E-state index in [-0.39, 0.29) is 23.9 Å². The van der Waals surface area contributed by atoms with Crippen LogP contribution in [0.3, 0.4) is 0 Å². The topological polar surface area (TPSA) is 124 Å².